The van der Waals surface area contributed by atoms with Crippen molar-refractivity contribution in [1.82, 2.24) is 10.2 Å². The Morgan fingerprint density at radius 3 is 2.68 bits per heavy atom. The van der Waals surface area contributed by atoms with E-state index in [-0.39, 0.29) is 0 Å². The third-order valence-corrected chi connectivity index (χ3v) is 4.72. The van der Waals surface area contributed by atoms with Gasteiger partial charge < -0.3 is 10.1 Å². The highest BCUT2D eigenvalue weighted by Gasteiger charge is 2.18. The summed E-state index contributed by atoms with van der Waals surface area (Å²) in [4.78, 5) is 2.52. The molecular weight excluding hydrogens is 272 g/mol. The van der Waals surface area contributed by atoms with Crippen LogP contribution in [0.5, 0.6) is 5.75 Å². The van der Waals surface area contributed by atoms with Gasteiger partial charge >= 0.3 is 0 Å². The highest BCUT2D eigenvalue weighted by Crippen LogP contribution is 2.25. The fraction of sp³-hybridized carbons (Fsp3) is 0.684. The van der Waals surface area contributed by atoms with Crippen LogP contribution in [0.25, 0.3) is 0 Å². The molecule has 0 atom stereocenters. The molecule has 1 saturated carbocycles. The van der Waals surface area contributed by atoms with Crippen LogP contribution in [0.2, 0.25) is 0 Å². The van der Waals surface area contributed by atoms with E-state index >= 15 is 0 Å². The fourth-order valence-electron chi connectivity index (χ4n) is 3.37. The molecule has 3 heteroatoms. The van der Waals surface area contributed by atoms with Crippen molar-refractivity contribution in [2.24, 2.45) is 0 Å². The molecule has 2 rings (SSSR count). The van der Waals surface area contributed by atoms with Gasteiger partial charge in [-0.1, -0.05) is 38.3 Å². The lowest BCUT2D eigenvalue weighted by molar-refractivity contribution is 0.184. The number of methoxy groups -OCH3 is 1. The summed E-state index contributed by atoms with van der Waals surface area (Å²) in [5.74, 6) is 1.01. The molecule has 0 radical (unpaired) electrons. The van der Waals surface area contributed by atoms with E-state index in [1.807, 2.05) is 0 Å². The molecular formula is C19H32N2O. The first kappa shape index (κ1) is 17.3. The van der Waals surface area contributed by atoms with E-state index in [1.165, 1.54) is 43.2 Å². The molecule has 1 aromatic rings. The lowest BCUT2D eigenvalue weighted by Gasteiger charge is -2.31. The second-order valence-corrected chi connectivity index (χ2v) is 6.53. The molecule has 0 amide bonds. The molecule has 0 bridgehead atoms. The maximum atomic E-state index is 5.59. The third-order valence-electron chi connectivity index (χ3n) is 4.72. The van der Waals surface area contributed by atoms with E-state index in [0.29, 0.717) is 0 Å². The molecule has 0 spiro atoms. The molecule has 1 N–H and O–H groups in total. The molecule has 0 aliphatic heterocycles. The van der Waals surface area contributed by atoms with Gasteiger partial charge in [-0.05, 0) is 44.5 Å². The Morgan fingerprint density at radius 1 is 1.23 bits per heavy atom. The Kier molecular flexibility index (Phi) is 7.20. The van der Waals surface area contributed by atoms with E-state index in [0.717, 1.165) is 37.8 Å². The number of benzene rings is 1. The summed E-state index contributed by atoms with van der Waals surface area (Å²) in [7, 11) is 4.03. The van der Waals surface area contributed by atoms with Gasteiger partial charge in [0.25, 0.3) is 0 Å². The van der Waals surface area contributed by atoms with Crippen molar-refractivity contribution < 1.29 is 4.74 Å². The summed E-state index contributed by atoms with van der Waals surface area (Å²) < 4.78 is 5.59. The van der Waals surface area contributed by atoms with E-state index < -0.39 is 0 Å². The number of hydrogen-bond acceptors (Lipinski definition) is 3. The van der Waals surface area contributed by atoms with Gasteiger partial charge in [-0.25, -0.2) is 0 Å². The second kappa shape index (κ2) is 9.16. The first-order valence-electron chi connectivity index (χ1n) is 8.81. The zero-order chi connectivity index (χ0) is 15.8. The van der Waals surface area contributed by atoms with Crippen molar-refractivity contribution in [3.8, 4) is 5.75 Å². The lowest BCUT2D eigenvalue weighted by atomic mass is 9.94. The van der Waals surface area contributed by atoms with Crippen LogP contribution in [-0.4, -0.2) is 31.6 Å². The molecule has 22 heavy (non-hydrogen) atoms. The Labute approximate surface area is 136 Å². The number of nitrogens with one attached hydrogen (secondary N) is 1. The maximum Gasteiger partial charge on any atom is 0.123 e. The van der Waals surface area contributed by atoms with Crippen molar-refractivity contribution in [2.45, 2.75) is 64.6 Å². The maximum absolute atomic E-state index is 5.59. The minimum absolute atomic E-state index is 0.755. The molecule has 0 heterocycles. The van der Waals surface area contributed by atoms with Crippen LogP contribution in [-0.2, 0) is 13.1 Å². The predicted molar refractivity (Wildman–Crippen MR) is 93.3 cm³/mol. The Morgan fingerprint density at radius 2 is 2.00 bits per heavy atom. The van der Waals surface area contributed by atoms with Gasteiger partial charge in [-0.15, -0.1) is 0 Å². The van der Waals surface area contributed by atoms with Crippen molar-refractivity contribution in [1.29, 1.82) is 0 Å². The summed E-state index contributed by atoms with van der Waals surface area (Å²) in [6, 6.07) is 7.43. The molecule has 1 aliphatic rings. The zero-order valence-corrected chi connectivity index (χ0v) is 14.5. The van der Waals surface area contributed by atoms with Crippen LogP contribution in [0.3, 0.4) is 0 Å². The van der Waals surface area contributed by atoms with E-state index in [1.54, 1.807) is 7.11 Å². The van der Waals surface area contributed by atoms with Gasteiger partial charge in [-0.3, -0.25) is 4.90 Å². The third kappa shape index (κ3) is 4.99. The van der Waals surface area contributed by atoms with Crippen LogP contribution in [0.4, 0.5) is 0 Å². The van der Waals surface area contributed by atoms with Gasteiger partial charge in [0.05, 0.1) is 7.11 Å². The van der Waals surface area contributed by atoms with Gasteiger partial charge in [0.1, 0.15) is 5.75 Å². The largest absolute Gasteiger partial charge is 0.496 e. The van der Waals surface area contributed by atoms with Crippen LogP contribution >= 0.6 is 0 Å². The van der Waals surface area contributed by atoms with Gasteiger partial charge in [-0.2, -0.15) is 0 Å². The number of rotatable bonds is 8. The molecule has 1 aromatic carbocycles. The topological polar surface area (TPSA) is 24.5 Å². The van der Waals surface area contributed by atoms with Gasteiger partial charge in [0.15, 0.2) is 0 Å². The quantitative estimate of drug-likeness (QED) is 0.736. The Bertz CT molecular complexity index is 441. The van der Waals surface area contributed by atoms with Crippen molar-refractivity contribution in [3.05, 3.63) is 29.3 Å². The molecule has 3 nitrogen and oxygen atoms in total. The van der Waals surface area contributed by atoms with Crippen LogP contribution < -0.4 is 10.1 Å². The Balaban J connectivity index is 1.95. The highest BCUT2D eigenvalue weighted by atomic mass is 16.5. The normalized spacial score (nSPS) is 16.2. The molecule has 0 saturated heterocycles. The first-order chi connectivity index (χ1) is 10.7. The van der Waals surface area contributed by atoms with Crippen LogP contribution in [0, 0.1) is 0 Å². The minimum atomic E-state index is 0.755. The number of nitrogens with zero attached hydrogens (tertiary/aromatic N) is 1. The predicted octanol–water partition coefficient (Wildman–Crippen LogP) is 3.96. The van der Waals surface area contributed by atoms with E-state index in [2.05, 4.69) is 42.4 Å². The monoisotopic (exact) mass is 304 g/mol. The molecule has 124 valence electrons. The first-order valence-corrected chi connectivity index (χ1v) is 8.81. The van der Waals surface area contributed by atoms with Crippen LogP contribution in [0.1, 0.15) is 56.6 Å². The second-order valence-electron chi connectivity index (χ2n) is 6.53. The fourth-order valence-corrected chi connectivity index (χ4v) is 3.37. The Hall–Kier alpha value is -1.06. The number of ether oxygens (including phenoxy) is 1. The van der Waals surface area contributed by atoms with Crippen LogP contribution in [0.15, 0.2) is 18.2 Å². The van der Waals surface area contributed by atoms with Crippen molar-refractivity contribution >= 4 is 0 Å². The highest BCUT2D eigenvalue weighted by molar-refractivity contribution is 5.37. The lowest BCUT2D eigenvalue weighted by Crippen LogP contribution is -2.32. The molecule has 0 unspecified atom stereocenters. The van der Waals surface area contributed by atoms with E-state index in [4.69, 9.17) is 4.74 Å². The minimum Gasteiger partial charge on any atom is -0.496 e. The SMILES string of the molecule is CCCNCc1ccc(CN(C)C2CCCCC2)cc1OC. The summed E-state index contributed by atoms with van der Waals surface area (Å²) in [6.45, 7) is 5.14. The molecule has 1 fully saturated rings. The summed E-state index contributed by atoms with van der Waals surface area (Å²) in [6.07, 6.45) is 8.06. The summed E-state index contributed by atoms with van der Waals surface area (Å²) in [5, 5.41) is 3.45. The van der Waals surface area contributed by atoms with Gasteiger partial charge in [0, 0.05) is 24.7 Å². The zero-order valence-electron chi connectivity index (χ0n) is 14.5. The summed E-state index contributed by atoms with van der Waals surface area (Å²) >= 11 is 0. The smallest absolute Gasteiger partial charge is 0.123 e. The average Bonchev–Trinajstić information content (AvgIpc) is 2.57. The number of hydrogen-bond donors (Lipinski definition) is 1. The average molecular weight is 304 g/mol. The molecule has 0 aromatic heterocycles. The standard InChI is InChI=1S/C19H32N2O/c1-4-12-20-14-17-11-10-16(13-19(17)22-3)15-21(2)18-8-6-5-7-9-18/h10-11,13,18,20H,4-9,12,14-15H2,1-3H3. The van der Waals surface area contributed by atoms with E-state index in [9.17, 15) is 0 Å². The summed E-state index contributed by atoms with van der Waals surface area (Å²) in [5.41, 5.74) is 2.60. The van der Waals surface area contributed by atoms with Gasteiger partial charge in [0.2, 0.25) is 0 Å². The van der Waals surface area contributed by atoms with Crippen molar-refractivity contribution in [3.63, 3.8) is 0 Å². The van der Waals surface area contributed by atoms with Crippen molar-refractivity contribution in [2.75, 3.05) is 20.7 Å². The molecule has 1 aliphatic carbocycles.